The average molecular weight is 250 g/mol. The number of hydrogen-bond donors (Lipinski definition) is 0. The van der Waals surface area contributed by atoms with Crippen LogP contribution in [0.5, 0.6) is 5.88 Å². The number of fused-ring (bicyclic) bond motifs is 1. The van der Waals surface area contributed by atoms with Gasteiger partial charge in [-0.15, -0.1) is 0 Å². The molecule has 0 atom stereocenters. The Morgan fingerprint density at radius 3 is 2.83 bits per heavy atom. The predicted molar refractivity (Wildman–Crippen MR) is 65.7 cm³/mol. The third kappa shape index (κ3) is 1.96. The van der Waals surface area contributed by atoms with Crippen LogP contribution in [0.1, 0.15) is 16.8 Å². The first-order valence-electron chi connectivity index (χ1n) is 6.42. The number of hydrogen-bond acceptors (Lipinski definition) is 4. The zero-order chi connectivity index (χ0) is 12.5. The maximum absolute atomic E-state index is 12.4. The minimum atomic E-state index is 0.0475. The minimum Gasteiger partial charge on any atom is -0.477 e. The summed E-state index contributed by atoms with van der Waals surface area (Å²) in [5.41, 5.74) is 0.610. The number of piperazine rings is 1. The lowest BCUT2D eigenvalue weighted by molar-refractivity contribution is 0.0657. The standard InChI is InChI=1S/C12H18N4O2/c1-14-4-6-15(7-5-14)11(17)10-9-13-16-3-2-8-18-12(10)16/h9H,2-8H2,1H3. The molecule has 0 aromatic carbocycles. The molecule has 0 radical (unpaired) electrons. The number of carbonyl (C=O) groups is 1. The Bertz CT molecular complexity index is 449. The van der Waals surface area contributed by atoms with Gasteiger partial charge in [-0.2, -0.15) is 5.10 Å². The summed E-state index contributed by atoms with van der Waals surface area (Å²) in [5.74, 6) is 0.691. The first kappa shape index (κ1) is 11.5. The Balaban J connectivity index is 1.78. The molecule has 0 bridgehead atoms. The number of rotatable bonds is 1. The van der Waals surface area contributed by atoms with Gasteiger partial charge in [-0.05, 0) is 7.05 Å². The summed E-state index contributed by atoms with van der Waals surface area (Å²) in [6.45, 7) is 4.92. The number of aromatic nitrogens is 2. The highest BCUT2D eigenvalue weighted by Crippen LogP contribution is 2.23. The van der Waals surface area contributed by atoms with Gasteiger partial charge in [0.2, 0.25) is 5.88 Å². The highest BCUT2D eigenvalue weighted by Gasteiger charge is 2.27. The van der Waals surface area contributed by atoms with Crippen LogP contribution in [0, 0.1) is 0 Å². The maximum Gasteiger partial charge on any atom is 0.261 e. The molecule has 1 aromatic heterocycles. The Kier molecular flexibility index (Phi) is 2.95. The number of carbonyl (C=O) groups excluding carboxylic acids is 1. The Morgan fingerprint density at radius 2 is 2.06 bits per heavy atom. The molecule has 98 valence electrons. The van der Waals surface area contributed by atoms with E-state index in [9.17, 15) is 4.79 Å². The van der Waals surface area contributed by atoms with Crippen molar-refractivity contribution in [3.05, 3.63) is 11.8 Å². The van der Waals surface area contributed by atoms with Crippen molar-refractivity contribution in [1.82, 2.24) is 19.6 Å². The Hall–Kier alpha value is -1.56. The molecule has 3 rings (SSSR count). The molecule has 1 saturated heterocycles. The summed E-state index contributed by atoms with van der Waals surface area (Å²) in [5, 5.41) is 4.22. The van der Waals surface area contributed by atoms with Crippen LogP contribution in [0.2, 0.25) is 0 Å². The molecule has 0 unspecified atom stereocenters. The lowest BCUT2D eigenvalue weighted by Crippen LogP contribution is -2.47. The molecule has 3 heterocycles. The lowest BCUT2D eigenvalue weighted by atomic mass is 10.2. The molecule has 0 spiro atoms. The summed E-state index contributed by atoms with van der Waals surface area (Å²) in [7, 11) is 2.08. The fourth-order valence-corrected chi connectivity index (χ4v) is 2.40. The third-order valence-electron chi connectivity index (χ3n) is 3.56. The predicted octanol–water partition coefficient (Wildman–Crippen LogP) is 0.0532. The summed E-state index contributed by atoms with van der Waals surface area (Å²) < 4.78 is 7.35. The zero-order valence-corrected chi connectivity index (χ0v) is 10.6. The van der Waals surface area contributed by atoms with Gasteiger partial charge in [0, 0.05) is 39.1 Å². The van der Waals surface area contributed by atoms with Gasteiger partial charge in [-0.25, -0.2) is 4.68 Å². The van der Waals surface area contributed by atoms with Gasteiger partial charge in [-0.3, -0.25) is 4.79 Å². The van der Waals surface area contributed by atoms with E-state index < -0.39 is 0 Å². The Morgan fingerprint density at radius 1 is 1.28 bits per heavy atom. The fourth-order valence-electron chi connectivity index (χ4n) is 2.40. The van der Waals surface area contributed by atoms with Gasteiger partial charge in [-0.1, -0.05) is 0 Å². The van der Waals surface area contributed by atoms with Crippen molar-refractivity contribution >= 4 is 5.91 Å². The molecule has 18 heavy (non-hydrogen) atoms. The molecular weight excluding hydrogens is 232 g/mol. The number of ether oxygens (including phenoxy) is 1. The topological polar surface area (TPSA) is 50.6 Å². The molecule has 2 aliphatic heterocycles. The highest BCUT2D eigenvalue weighted by molar-refractivity contribution is 5.96. The maximum atomic E-state index is 12.4. The van der Waals surface area contributed by atoms with Crippen LogP contribution < -0.4 is 4.74 Å². The van der Waals surface area contributed by atoms with E-state index in [1.54, 1.807) is 10.9 Å². The van der Waals surface area contributed by atoms with Crippen molar-refractivity contribution in [2.75, 3.05) is 39.8 Å². The number of likely N-dealkylation sites (N-methyl/N-ethyl adjacent to an activating group) is 1. The molecule has 6 nitrogen and oxygen atoms in total. The second-order valence-corrected chi connectivity index (χ2v) is 4.88. The average Bonchev–Trinajstić information content (AvgIpc) is 2.82. The number of aryl methyl sites for hydroxylation is 1. The van der Waals surface area contributed by atoms with Gasteiger partial charge >= 0.3 is 0 Å². The highest BCUT2D eigenvalue weighted by atomic mass is 16.5. The van der Waals surface area contributed by atoms with Crippen LogP contribution in [-0.4, -0.2) is 65.3 Å². The minimum absolute atomic E-state index is 0.0475. The summed E-state index contributed by atoms with van der Waals surface area (Å²) in [4.78, 5) is 16.5. The molecule has 2 aliphatic rings. The molecular formula is C12H18N4O2. The molecule has 6 heteroatoms. The van der Waals surface area contributed by atoms with Gasteiger partial charge in [0.05, 0.1) is 12.8 Å². The second kappa shape index (κ2) is 4.61. The van der Waals surface area contributed by atoms with Crippen LogP contribution in [-0.2, 0) is 6.54 Å². The quantitative estimate of drug-likeness (QED) is 0.707. The van der Waals surface area contributed by atoms with Crippen LogP contribution in [0.15, 0.2) is 6.20 Å². The van der Waals surface area contributed by atoms with Gasteiger partial charge in [0.25, 0.3) is 5.91 Å². The molecule has 1 aromatic rings. The smallest absolute Gasteiger partial charge is 0.261 e. The van der Waals surface area contributed by atoms with E-state index in [0.29, 0.717) is 18.1 Å². The summed E-state index contributed by atoms with van der Waals surface area (Å²) in [6, 6.07) is 0. The van der Waals surface area contributed by atoms with Gasteiger partial charge in [0.1, 0.15) is 5.56 Å². The SMILES string of the molecule is CN1CCN(C(=O)c2cnn3c2OCCC3)CC1. The fraction of sp³-hybridized carbons (Fsp3) is 0.667. The van der Waals surface area contributed by atoms with Gasteiger partial charge < -0.3 is 14.5 Å². The third-order valence-corrected chi connectivity index (χ3v) is 3.56. The van der Waals surface area contributed by atoms with E-state index in [1.807, 2.05) is 4.90 Å². The van der Waals surface area contributed by atoms with E-state index in [2.05, 4.69) is 17.0 Å². The van der Waals surface area contributed by atoms with Crippen LogP contribution >= 0.6 is 0 Å². The molecule has 1 amide bonds. The molecule has 0 aliphatic carbocycles. The van der Waals surface area contributed by atoms with Crippen molar-refractivity contribution in [2.45, 2.75) is 13.0 Å². The van der Waals surface area contributed by atoms with Crippen LogP contribution in [0.25, 0.3) is 0 Å². The van der Waals surface area contributed by atoms with Crippen molar-refractivity contribution in [2.24, 2.45) is 0 Å². The number of amides is 1. The van der Waals surface area contributed by atoms with Crippen LogP contribution in [0.4, 0.5) is 0 Å². The van der Waals surface area contributed by atoms with Crippen molar-refractivity contribution < 1.29 is 9.53 Å². The van der Waals surface area contributed by atoms with Gasteiger partial charge in [0.15, 0.2) is 0 Å². The van der Waals surface area contributed by atoms with E-state index in [1.165, 1.54) is 0 Å². The molecule has 1 fully saturated rings. The van der Waals surface area contributed by atoms with E-state index >= 15 is 0 Å². The van der Waals surface area contributed by atoms with Crippen molar-refractivity contribution in [3.63, 3.8) is 0 Å². The Labute approximate surface area is 106 Å². The van der Waals surface area contributed by atoms with Crippen LogP contribution in [0.3, 0.4) is 0 Å². The molecule has 0 N–H and O–H groups in total. The van der Waals surface area contributed by atoms with E-state index in [0.717, 1.165) is 39.1 Å². The first-order valence-corrected chi connectivity index (χ1v) is 6.42. The zero-order valence-electron chi connectivity index (χ0n) is 10.6. The van der Waals surface area contributed by atoms with E-state index in [4.69, 9.17) is 4.74 Å². The normalized spacial score (nSPS) is 20.4. The summed E-state index contributed by atoms with van der Waals surface area (Å²) >= 11 is 0. The van der Waals surface area contributed by atoms with E-state index in [-0.39, 0.29) is 5.91 Å². The largest absolute Gasteiger partial charge is 0.477 e. The second-order valence-electron chi connectivity index (χ2n) is 4.88. The first-order chi connectivity index (χ1) is 8.75. The molecule has 0 saturated carbocycles. The summed E-state index contributed by atoms with van der Waals surface area (Å²) in [6.07, 6.45) is 2.60. The monoisotopic (exact) mass is 250 g/mol. The van der Waals surface area contributed by atoms with Crippen molar-refractivity contribution in [3.8, 4) is 5.88 Å². The number of nitrogens with zero attached hydrogens (tertiary/aromatic N) is 4. The van der Waals surface area contributed by atoms with Crippen molar-refractivity contribution in [1.29, 1.82) is 0 Å². The lowest BCUT2D eigenvalue weighted by Gasteiger charge is -2.32.